The largest absolute Gasteiger partial charge is 0.481 e. The average molecular weight is 355 g/mol. The molecular formula is C16H15F2NO4S. The Bertz CT molecular complexity index is 728. The topological polar surface area (TPSA) is 75.6 Å². The summed E-state index contributed by atoms with van der Waals surface area (Å²) >= 11 is 1.06. The number of carbonyl (C=O) groups is 2. The number of nitrogens with one attached hydrogen (secondary N) is 1. The van der Waals surface area contributed by atoms with Gasteiger partial charge in [0.05, 0.1) is 0 Å². The van der Waals surface area contributed by atoms with Gasteiger partial charge in [-0.05, 0) is 37.1 Å². The van der Waals surface area contributed by atoms with Crippen LogP contribution in [0.25, 0.3) is 0 Å². The van der Waals surface area contributed by atoms with Gasteiger partial charge in [0.25, 0.3) is 5.91 Å². The molecule has 2 N–H and O–H groups in total. The van der Waals surface area contributed by atoms with Gasteiger partial charge in [-0.1, -0.05) is 12.1 Å². The molecule has 2 rings (SSSR count). The van der Waals surface area contributed by atoms with Crippen molar-refractivity contribution in [2.75, 3.05) is 5.32 Å². The number of aliphatic carboxylic acids is 1. The molecule has 2 aromatic rings. The summed E-state index contributed by atoms with van der Waals surface area (Å²) in [7, 11) is 0. The third kappa shape index (κ3) is 5.02. The van der Waals surface area contributed by atoms with Crippen LogP contribution in [0, 0.1) is 6.92 Å². The molecule has 0 saturated heterocycles. The van der Waals surface area contributed by atoms with Crippen LogP contribution >= 0.6 is 11.3 Å². The van der Waals surface area contributed by atoms with E-state index in [1.807, 2.05) is 0 Å². The number of rotatable bonds is 7. The van der Waals surface area contributed by atoms with Crippen LogP contribution < -0.4 is 10.1 Å². The number of hydrogen-bond acceptors (Lipinski definition) is 4. The summed E-state index contributed by atoms with van der Waals surface area (Å²) in [6.07, 6.45) is 0.411. The summed E-state index contributed by atoms with van der Waals surface area (Å²) in [6.45, 7) is -1.31. The van der Waals surface area contributed by atoms with Gasteiger partial charge in [-0.2, -0.15) is 8.78 Å². The molecular weight excluding hydrogens is 340 g/mol. The van der Waals surface area contributed by atoms with Gasteiger partial charge in [-0.25, -0.2) is 0 Å². The number of anilines is 1. The molecule has 0 radical (unpaired) electrons. The Morgan fingerprint density at radius 1 is 1.29 bits per heavy atom. The first-order valence-electron chi connectivity index (χ1n) is 7.02. The maximum atomic E-state index is 12.4. The van der Waals surface area contributed by atoms with Crippen LogP contribution in [0.1, 0.15) is 26.5 Å². The number of ether oxygens (including phenoxy) is 1. The molecule has 0 fully saturated rings. The van der Waals surface area contributed by atoms with E-state index in [4.69, 9.17) is 5.11 Å². The molecule has 0 atom stereocenters. The monoisotopic (exact) mass is 355 g/mol. The number of halogens is 2. The van der Waals surface area contributed by atoms with Crippen LogP contribution in [0.15, 0.2) is 30.3 Å². The quantitative estimate of drug-likeness (QED) is 0.789. The summed E-state index contributed by atoms with van der Waals surface area (Å²) in [5, 5.41) is 11.3. The number of benzene rings is 1. The predicted molar refractivity (Wildman–Crippen MR) is 86.0 cm³/mol. The van der Waals surface area contributed by atoms with Crippen LogP contribution in [0.4, 0.5) is 14.5 Å². The second-order valence-corrected chi connectivity index (χ2v) is 6.23. The van der Waals surface area contributed by atoms with Crippen molar-refractivity contribution >= 4 is 28.9 Å². The summed E-state index contributed by atoms with van der Waals surface area (Å²) in [5.74, 6) is -1.57. The second-order valence-electron chi connectivity index (χ2n) is 4.97. The summed E-state index contributed by atoms with van der Waals surface area (Å²) in [6, 6.07) is 8.05. The Labute approximate surface area is 140 Å². The first-order valence-corrected chi connectivity index (χ1v) is 7.84. The van der Waals surface area contributed by atoms with E-state index in [1.54, 1.807) is 31.2 Å². The Morgan fingerprint density at radius 2 is 1.96 bits per heavy atom. The Kier molecular flexibility index (Phi) is 5.86. The number of carbonyl (C=O) groups excluding carboxylic acids is 1. The number of carboxylic acids is 1. The summed E-state index contributed by atoms with van der Waals surface area (Å²) in [5.41, 5.74) is 1.30. The molecule has 0 saturated carbocycles. The molecule has 0 aliphatic rings. The zero-order chi connectivity index (χ0) is 17.7. The van der Waals surface area contributed by atoms with E-state index in [9.17, 15) is 18.4 Å². The van der Waals surface area contributed by atoms with Crippen LogP contribution in [-0.2, 0) is 11.2 Å². The molecule has 1 aromatic heterocycles. The van der Waals surface area contributed by atoms with Gasteiger partial charge in [0.15, 0.2) is 0 Å². The minimum Gasteiger partial charge on any atom is -0.481 e. The van der Waals surface area contributed by atoms with E-state index in [1.165, 1.54) is 6.07 Å². The third-order valence-electron chi connectivity index (χ3n) is 3.08. The summed E-state index contributed by atoms with van der Waals surface area (Å²) in [4.78, 5) is 23.5. The average Bonchev–Trinajstić information content (AvgIpc) is 2.86. The van der Waals surface area contributed by atoms with Crippen molar-refractivity contribution < 1.29 is 28.2 Å². The highest BCUT2D eigenvalue weighted by Crippen LogP contribution is 2.31. The lowest BCUT2D eigenvalue weighted by molar-refractivity contribution is -0.136. The fourth-order valence-electron chi connectivity index (χ4n) is 2.03. The van der Waals surface area contributed by atoms with E-state index in [2.05, 4.69) is 10.1 Å². The SMILES string of the molecule is Cc1cc(OC(F)F)c(C(=O)Nc2ccc(CCC(=O)O)cc2)s1. The zero-order valence-corrected chi connectivity index (χ0v) is 13.5. The highest BCUT2D eigenvalue weighted by Gasteiger charge is 2.19. The van der Waals surface area contributed by atoms with Crippen LogP contribution in [-0.4, -0.2) is 23.6 Å². The molecule has 0 aliphatic carbocycles. The molecule has 0 unspecified atom stereocenters. The van der Waals surface area contributed by atoms with E-state index < -0.39 is 18.5 Å². The first-order chi connectivity index (χ1) is 11.3. The van der Waals surface area contributed by atoms with Gasteiger partial charge in [-0.3, -0.25) is 9.59 Å². The van der Waals surface area contributed by atoms with Crippen molar-refractivity contribution in [2.24, 2.45) is 0 Å². The van der Waals surface area contributed by atoms with E-state index in [0.717, 1.165) is 16.9 Å². The van der Waals surface area contributed by atoms with Crippen molar-refractivity contribution in [3.8, 4) is 5.75 Å². The van der Waals surface area contributed by atoms with Crippen LogP contribution in [0.5, 0.6) is 5.75 Å². The van der Waals surface area contributed by atoms with Gasteiger partial charge in [0.1, 0.15) is 10.6 Å². The molecule has 0 spiro atoms. The number of alkyl halides is 2. The predicted octanol–water partition coefficient (Wildman–Crippen LogP) is 3.93. The maximum absolute atomic E-state index is 12.4. The third-order valence-corrected chi connectivity index (χ3v) is 4.11. The number of carboxylic acid groups (broad SMARTS) is 1. The van der Waals surface area contributed by atoms with E-state index in [0.29, 0.717) is 17.0 Å². The smallest absolute Gasteiger partial charge is 0.387 e. The van der Waals surface area contributed by atoms with Crippen molar-refractivity contribution in [3.63, 3.8) is 0 Å². The van der Waals surface area contributed by atoms with Crippen LogP contribution in [0.2, 0.25) is 0 Å². The molecule has 0 bridgehead atoms. The number of thiophene rings is 1. The Balaban J connectivity index is 2.05. The molecule has 128 valence electrons. The van der Waals surface area contributed by atoms with E-state index in [-0.39, 0.29) is 17.0 Å². The highest BCUT2D eigenvalue weighted by atomic mass is 32.1. The minimum atomic E-state index is -3.00. The Hall–Kier alpha value is -2.48. The van der Waals surface area contributed by atoms with Gasteiger partial charge in [0, 0.05) is 17.0 Å². The van der Waals surface area contributed by atoms with Crippen molar-refractivity contribution in [1.29, 1.82) is 0 Å². The second kappa shape index (κ2) is 7.87. The lowest BCUT2D eigenvalue weighted by Crippen LogP contribution is -2.13. The van der Waals surface area contributed by atoms with Gasteiger partial charge >= 0.3 is 12.6 Å². The summed E-state index contributed by atoms with van der Waals surface area (Å²) < 4.78 is 29.1. The highest BCUT2D eigenvalue weighted by molar-refractivity contribution is 7.14. The minimum absolute atomic E-state index is 0.0223. The van der Waals surface area contributed by atoms with E-state index >= 15 is 0 Å². The molecule has 1 heterocycles. The van der Waals surface area contributed by atoms with Crippen molar-refractivity contribution in [1.82, 2.24) is 0 Å². The molecule has 1 aromatic carbocycles. The zero-order valence-electron chi connectivity index (χ0n) is 12.7. The molecule has 8 heteroatoms. The van der Waals surface area contributed by atoms with Crippen molar-refractivity contribution in [2.45, 2.75) is 26.4 Å². The van der Waals surface area contributed by atoms with Crippen LogP contribution in [0.3, 0.4) is 0 Å². The normalized spacial score (nSPS) is 10.7. The van der Waals surface area contributed by atoms with Gasteiger partial charge in [-0.15, -0.1) is 11.3 Å². The lowest BCUT2D eigenvalue weighted by atomic mass is 10.1. The maximum Gasteiger partial charge on any atom is 0.387 e. The molecule has 0 aliphatic heterocycles. The lowest BCUT2D eigenvalue weighted by Gasteiger charge is -2.08. The number of amides is 1. The fourth-order valence-corrected chi connectivity index (χ4v) is 2.87. The Morgan fingerprint density at radius 3 is 2.54 bits per heavy atom. The van der Waals surface area contributed by atoms with Crippen molar-refractivity contribution in [3.05, 3.63) is 45.6 Å². The number of aryl methyl sites for hydroxylation is 2. The van der Waals surface area contributed by atoms with Gasteiger partial charge < -0.3 is 15.2 Å². The standard InChI is InChI=1S/C16H15F2NO4S/c1-9-8-12(23-16(17)18)14(24-9)15(22)19-11-5-2-10(3-6-11)4-7-13(20)21/h2-3,5-6,8,16H,4,7H2,1H3,(H,19,22)(H,20,21). The molecule has 24 heavy (non-hydrogen) atoms. The van der Waals surface area contributed by atoms with Gasteiger partial charge in [0.2, 0.25) is 0 Å². The molecule has 1 amide bonds. The fraction of sp³-hybridized carbons (Fsp3) is 0.250. The molecule has 5 nitrogen and oxygen atoms in total. The first kappa shape index (κ1) is 17.9. The number of hydrogen-bond donors (Lipinski definition) is 2.